The highest BCUT2D eigenvalue weighted by Gasteiger charge is 2.33. The predicted octanol–water partition coefficient (Wildman–Crippen LogP) is 7.30. The van der Waals surface area contributed by atoms with Gasteiger partial charge in [-0.25, -0.2) is 4.99 Å². The van der Waals surface area contributed by atoms with Crippen LogP contribution >= 0.6 is 23.4 Å². The van der Waals surface area contributed by atoms with Crippen LogP contribution in [0.15, 0.2) is 64.5 Å². The zero-order valence-corrected chi connectivity index (χ0v) is 21.1. The van der Waals surface area contributed by atoms with Crippen LogP contribution < -0.4 is 9.47 Å². The van der Waals surface area contributed by atoms with Crippen LogP contribution in [0.2, 0.25) is 5.02 Å². The lowest BCUT2D eigenvalue weighted by Crippen LogP contribution is -2.29. The lowest BCUT2D eigenvalue weighted by Gasteiger charge is -2.14. The Hall–Kier alpha value is -2.96. The largest absolute Gasteiger partial charge is 0.493 e. The quantitative estimate of drug-likeness (QED) is 0.308. The Morgan fingerprint density at radius 1 is 0.971 bits per heavy atom. The summed E-state index contributed by atoms with van der Waals surface area (Å²) < 4.78 is 11.8. The average molecular weight is 495 g/mol. The summed E-state index contributed by atoms with van der Waals surface area (Å²) in [6.07, 6.45) is 2.76. The van der Waals surface area contributed by atoms with Gasteiger partial charge in [0.1, 0.15) is 11.5 Å². The Bertz CT molecular complexity index is 1250. The van der Waals surface area contributed by atoms with Crippen molar-refractivity contribution >= 4 is 57.0 Å². The summed E-state index contributed by atoms with van der Waals surface area (Å²) in [5.74, 6) is 1.52. The molecule has 3 aromatic rings. The number of amidine groups is 1. The third-order valence-corrected chi connectivity index (χ3v) is 6.53. The molecular formula is C27H27ClN2O3S. The van der Waals surface area contributed by atoms with E-state index in [2.05, 4.69) is 0 Å². The van der Waals surface area contributed by atoms with Crippen molar-refractivity contribution in [2.75, 3.05) is 19.8 Å². The molecular weight excluding hydrogens is 468 g/mol. The van der Waals surface area contributed by atoms with Gasteiger partial charge in [-0.2, -0.15) is 0 Å². The number of thioether (sulfide) groups is 1. The molecule has 34 heavy (non-hydrogen) atoms. The maximum atomic E-state index is 13.3. The first-order valence-electron chi connectivity index (χ1n) is 11.4. The molecule has 1 aliphatic heterocycles. The molecule has 7 heteroatoms. The van der Waals surface area contributed by atoms with Crippen LogP contribution in [0.4, 0.5) is 5.69 Å². The van der Waals surface area contributed by atoms with E-state index >= 15 is 0 Å². The van der Waals surface area contributed by atoms with Gasteiger partial charge in [-0.15, -0.1) is 0 Å². The number of amides is 1. The van der Waals surface area contributed by atoms with Crippen LogP contribution in [0.1, 0.15) is 32.8 Å². The summed E-state index contributed by atoms with van der Waals surface area (Å²) in [7, 11) is 0. The zero-order valence-electron chi connectivity index (χ0n) is 19.5. The fourth-order valence-electron chi connectivity index (χ4n) is 3.83. The van der Waals surface area contributed by atoms with E-state index in [-0.39, 0.29) is 5.91 Å². The van der Waals surface area contributed by atoms with Gasteiger partial charge in [0.05, 0.1) is 23.8 Å². The van der Waals surface area contributed by atoms with Crippen LogP contribution in [0.3, 0.4) is 0 Å². The minimum Gasteiger partial charge on any atom is -0.493 e. The summed E-state index contributed by atoms with van der Waals surface area (Å²) in [5, 5.41) is 3.21. The molecule has 4 rings (SSSR count). The number of carbonyl (C=O) groups excluding carboxylic acids is 1. The molecule has 1 heterocycles. The number of fused-ring (bicyclic) bond motifs is 1. The normalized spacial score (nSPS) is 16.1. The number of aliphatic imine (C=N–C) groups is 1. The molecule has 0 spiro atoms. The fourth-order valence-corrected chi connectivity index (χ4v) is 4.97. The lowest BCUT2D eigenvalue weighted by molar-refractivity contribution is -0.122. The highest BCUT2D eigenvalue weighted by atomic mass is 35.5. The van der Waals surface area contributed by atoms with E-state index in [0.717, 1.165) is 39.9 Å². The molecule has 0 aromatic heterocycles. The number of halogens is 1. The molecule has 0 unspecified atom stereocenters. The number of hydrogen-bond acceptors (Lipinski definition) is 5. The van der Waals surface area contributed by atoms with Crippen LogP contribution in [0.25, 0.3) is 16.8 Å². The monoisotopic (exact) mass is 494 g/mol. The number of ether oxygens (including phenoxy) is 2. The first-order chi connectivity index (χ1) is 16.5. The van der Waals surface area contributed by atoms with Crippen molar-refractivity contribution in [3.63, 3.8) is 0 Å². The zero-order chi connectivity index (χ0) is 24.1. The van der Waals surface area contributed by atoms with Crippen molar-refractivity contribution in [2.24, 2.45) is 4.99 Å². The van der Waals surface area contributed by atoms with E-state index in [1.54, 1.807) is 17.0 Å². The molecule has 176 valence electrons. The summed E-state index contributed by atoms with van der Waals surface area (Å²) in [5.41, 5.74) is 1.66. The Morgan fingerprint density at radius 2 is 1.71 bits per heavy atom. The topological polar surface area (TPSA) is 51.1 Å². The standard InChI is InChI=1S/C27H27ClN2O3S/c1-4-16-30-26(31)24(34-27(30)29-20-13-11-19(28)12-14-20)17-18-10-15-22(32-5-2)21-8-7-9-23(25(18)21)33-6-3/h7-15,17H,4-6,16H2,1-3H3/b24-17-,29-27?. The van der Waals surface area contributed by atoms with E-state index in [9.17, 15) is 4.79 Å². The molecule has 1 aliphatic rings. The van der Waals surface area contributed by atoms with Crippen molar-refractivity contribution in [1.82, 2.24) is 4.90 Å². The van der Waals surface area contributed by atoms with Crippen LogP contribution in [-0.4, -0.2) is 35.7 Å². The summed E-state index contributed by atoms with van der Waals surface area (Å²) >= 11 is 7.40. The van der Waals surface area contributed by atoms with Gasteiger partial charge in [0.25, 0.3) is 5.91 Å². The maximum Gasteiger partial charge on any atom is 0.266 e. The average Bonchev–Trinajstić information content (AvgIpc) is 3.11. The molecule has 0 aliphatic carbocycles. The minimum atomic E-state index is -0.0458. The number of nitrogens with zero attached hydrogens (tertiary/aromatic N) is 2. The molecule has 0 bridgehead atoms. The number of benzene rings is 3. The lowest BCUT2D eigenvalue weighted by atomic mass is 10.0. The fraction of sp³-hybridized carbons (Fsp3) is 0.259. The third-order valence-electron chi connectivity index (χ3n) is 5.27. The Balaban J connectivity index is 1.80. The number of hydrogen-bond donors (Lipinski definition) is 0. The van der Waals surface area contributed by atoms with Gasteiger partial charge in [-0.1, -0.05) is 36.7 Å². The van der Waals surface area contributed by atoms with Crippen molar-refractivity contribution in [3.8, 4) is 11.5 Å². The van der Waals surface area contributed by atoms with Crippen molar-refractivity contribution in [2.45, 2.75) is 27.2 Å². The second-order valence-corrected chi connectivity index (χ2v) is 9.08. The highest BCUT2D eigenvalue weighted by Crippen LogP contribution is 2.39. The van der Waals surface area contributed by atoms with E-state index in [0.29, 0.717) is 34.9 Å². The molecule has 1 fully saturated rings. The van der Waals surface area contributed by atoms with E-state index in [1.807, 2.05) is 69.3 Å². The maximum absolute atomic E-state index is 13.3. The molecule has 0 atom stereocenters. The molecule has 1 saturated heterocycles. The van der Waals surface area contributed by atoms with E-state index in [1.165, 1.54) is 11.8 Å². The van der Waals surface area contributed by atoms with Gasteiger partial charge in [0.15, 0.2) is 5.17 Å². The van der Waals surface area contributed by atoms with Gasteiger partial charge in [0, 0.05) is 22.3 Å². The Labute approximate surface area is 209 Å². The summed E-state index contributed by atoms with van der Waals surface area (Å²) in [6.45, 7) is 7.69. The van der Waals surface area contributed by atoms with Gasteiger partial charge in [-0.05, 0) is 80.1 Å². The van der Waals surface area contributed by atoms with Gasteiger partial charge < -0.3 is 9.47 Å². The summed E-state index contributed by atoms with van der Waals surface area (Å²) in [4.78, 5) is 20.4. The molecule has 0 N–H and O–H groups in total. The first kappa shape index (κ1) is 24.2. The predicted molar refractivity (Wildman–Crippen MR) is 142 cm³/mol. The molecule has 1 amide bonds. The SMILES string of the molecule is CCCN1C(=O)/C(=C/c2ccc(OCC)c3cccc(OCC)c23)SC1=Nc1ccc(Cl)cc1. The van der Waals surface area contributed by atoms with Crippen molar-refractivity contribution in [3.05, 3.63) is 70.1 Å². The van der Waals surface area contributed by atoms with Gasteiger partial charge in [0.2, 0.25) is 0 Å². The molecule has 5 nitrogen and oxygen atoms in total. The summed E-state index contributed by atoms with van der Waals surface area (Å²) in [6, 6.07) is 17.1. The first-order valence-corrected chi connectivity index (χ1v) is 12.6. The second-order valence-electron chi connectivity index (χ2n) is 7.64. The van der Waals surface area contributed by atoms with Crippen molar-refractivity contribution < 1.29 is 14.3 Å². The molecule has 0 radical (unpaired) electrons. The van der Waals surface area contributed by atoms with Crippen LogP contribution in [0, 0.1) is 0 Å². The third kappa shape index (κ3) is 5.08. The smallest absolute Gasteiger partial charge is 0.266 e. The highest BCUT2D eigenvalue weighted by molar-refractivity contribution is 8.18. The van der Waals surface area contributed by atoms with Crippen LogP contribution in [0.5, 0.6) is 11.5 Å². The Kier molecular flexibility index (Phi) is 7.80. The van der Waals surface area contributed by atoms with E-state index in [4.69, 9.17) is 26.1 Å². The second kappa shape index (κ2) is 11.0. The minimum absolute atomic E-state index is 0.0458. The van der Waals surface area contributed by atoms with Gasteiger partial charge >= 0.3 is 0 Å². The molecule has 3 aromatic carbocycles. The van der Waals surface area contributed by atoms with Gasteiger partial charge in [-0.3, -0.25) is 9.69 Å². The number of rotatable bonds is 8. The van der Waals surface area contributed by atoms with E-state index < -0.39 is 0 Å². The molecule has 0 saturated carbocycles. The Morgan fingerprint density at radius 3 is 2.41 bits per heavy atom. The van der Waals surface area contributed by atoms with Crippen molar-refractivity contribution in [1.29, 1.82) is 0 Å². The van der Waals surface area contributed by atoms with Crippen LogP contribution in [-0.2, 0) is 4.79 Å². The number of carbonyl (C=O) groups is 1.